The Balaban J connectivity index is 2.86. The highest BCUT2D eigenvalue weighted by molar-refractivity contribution is 5.94. The second-order valence-corrected chi connectivity index (χ2v) is 3.49. The van der Waals surface area contributed by atoms with Crippen LogP contribution in [-0.4, -0.2) is 18.9 Å². The SMILES string of the molecule is CCNC(=[NH+]CC)c1ccc(CC)cc1. The lowest BCUT2D eigenvalue weighted by molar-refractivity contribution is -0.454. The van der Waals surface area contributed by atoms with Crippen molar-refractivity contribution in [3.8, 4) is 0 Å². The quantitative estimate of drug-likeness (QED) is 0.549. The van der Waals surface area contributed by atoms with E-state index >= 15 is 0 Å². The molecule has 15 heavy (non-hydrogen) atoms. The first-order chi connectivity index (χ1) is 7.31. The molecule has 2 heteroatoms. The number of hydrogen-bond donors (Lipinski definition) is 2. The van der Waals surface area contributed by atoms with Crippen molar-refractivity contribution < 1.29 is 4.99 Å². The van der Waals surface area contributed by atoms with Crippen LogP contribution in [0.25, 0.3) is 0 Å². The predicted octanol–water partition coefficient (Wildman–Crippen LogP) is 0.706. The van der Waals surface area contributed by atoms with E-state index < -0.39 is 0 Å². The van der Waals surface area contributed by atoms with E-state index in [4.69, 9.17) is 0 Å². The monoisotopic (exact) mass is 205 g/mol. The average molecular weight is 205 g/mol. The Hall–Kier alpha value is -1.31. The summed E-state index contributed by atoms with van der Waals surface area (Å²) in [7, 11) is 0. The van der Waals surface area contributed by atoms with Crippen molar-refractivity contribution in [3.05, 3.63) is 35.4 Å². The first-order valence-corrected chi connectivity index (χ1v) is 5.75. The minimum Gasteiger partial charge on any atom is -0.275 e. The van der Waals surface area contributed by atoms with Crippen LogP contribution >= 0.6 is 0 Å². The standard InChI is InChI=1S/C13H20N2/c1-4-11-7-9-12(10-8-11)13(14-5-2)15-6-3/h7-10H,4-6H2,1-3H3,(H,14,15)/p+1. The van der Waals surface area contributed by atoms with Crippen LogP contribution in [0.4, 0.5) is 0 Å². The van der Waals surface area contributed by atoms with Crippen LogP contribution in [0.3, 0.4) is 0 Å². The lowest BCUT2D eigenvalue weighted by Gasteiger charge is -2.02. The molecule has 0 saturated carbocycles. The molecule has 0 saturated heterocycles. The molecule has 0 amide bonds. The summed E-state index contributed by atoms with van der Waals surface area (Å²) in [6, 6.07) is 8.70. The van der Waals surface area contributed by atoms with Gasteiger partial charge < -0.3 is 0 Å². The number of amidine groups is 1. The van der Waals surface area contributed by atoms with Crippen molar-refractivity contribution in [1.82, 2.24) is 5.32 Å². The Bertz CT molecular complexity index is 312. The van der Waals surface area contributed by atoms with Crippen molar-refractivity contribution in [3.63, 3.8) is 0 Å². The molecule has 1 rings (SSSR count). The zero-order valence-electron chi connectivity index (χ0n) is 9.93. The summed E-state index contributed by atoms with van der Waals surface area (Å²) in [4.78, 5) is 3.34. The van der Waals surface area contributed by atoms with E-state index in [9.17, 15) is 0 Å². The first kappa shape index (κ1) is 11.8. The van der Waals surface area contributed by atoms with Gasteiger partial charge in [0, 0.05) is 0 Å². The number of rotatable bonds is 4. The maximum Gasteiger partial charge on any atom is 0.274 e. The van der Waals surface area contributed by atoms with E-state index in [-0.39, 0.29) is 0 Å². The Labute approximate surface area is 92.4 Å². The molecule has 2 nitrogen and oxygen atoms in total. The van der Waals surface area contributed by atoms with Gasteiger partial charge in [0.1, 0.15) is 0 Å². The van der Waals surface area contributed by atoms with Crippen LogP contribution in [0.5, 0.6) is 0 Å². The third-order valence-corrected chi connectivity index (χ3v) is 2.36. The van der Waals surface area contributed by atoms with Gasteiger partial charge in [-0.2, -0.15) is 0 Å². The highest BCUT2D eigenvalue weighted by Crippen LogP contribution is 2.03. The molecule has 0 spiro atoms. The van der Waals surface area contributed by atoms with Gasteiger partial charge in [0.2, 0.25) is 0 Å². The molecule has 0 fully saturated rings. The first-order valence-electron chi connectivity index (χ1n) is 5.75. The maximum absolute atomic E-state index is 3.34. The third kappa shape index (κ3) is 3.39. The van der Waals surface area contributed by atoms with Crippen LogP contribution in [0.2, 0.25) is 0 Å². The molecule has 0 aliphatic heterocycles. The van der Waals surface area contributed by atoms with Crippen LogP contribution in [0.15, 0.2) is 24.3 Å². The van der Waals surface area contributed by atoms with Gasteiger partial charge >= 0.3 is 0 Å². The lowest BCUT2D eigenvalue weighted by atomic mass is 10.1. The Morgan fingerprint density at radius 3 is 2.27 bits per heavy atom. The second kappa shape index (κ2) is 6.23. The molecule has 0 atom stereocenters. The molecule has 0 radical (unpaired) electrons. The van der Waals surface area contributed by atoms with Crippen molar-refractivity contribution in [1.29, 1.82) is 0 Å². The molecule has 1 aromatic carbocycles. The normalized spacial score (nSPS) is 11.5. The molecule has 0 aromatic heterocycles. The van der Waals surface area contributed by atoms with E-state index in [0.717, 1.165) is 25.3 Å². The minimum atomic E-state index is 0.942. The highest BCUT2D eigenvalue weighted by atomic mass is 15.0. The van der Waals surface area contributed by atoms with Gasteiger partial charge in [0.25, 0.3) is 5.84 Å². The van der Waals surface area contributed by atoms with E-state index in [1.54, 1.807) is 0 Å². The molecular weight excluding hydrogens is 184 g/mol. The van der Waals surface area contributed by atoms with Gasteiger partial charge in [-0.3, -0.25) is 10.3 Å². The fourth-order valence-electron chi connectivity index (χ4n) is 1.53. The highest BCUT2D eigenvalue weighted by Gasteiger charge is 2.06. The van der Waals surface area contributed by atoms with Gasteiger partial charge in [-0.1, -0.05) is 19.1 Å². The van der Waals surface area contributed by atoms with Crippen LogP contribution < -0.4 is 10.3 Å². The molecular formula is C13H21N2+. The summed E-state index contributed by atoms with van der Waals surface area (Å²) in [6.07, 6.45) is 1.10. The Morgan fingerprint density at radius 1 is 1.13 bits per heavy atom. The number of benzene rings is 1. The van der Waals surface area contributed by atoms with Gasteiger partial charge in [-0.25, -0.2) is 0 Å². The summed E-state index contributed by atoms with van der Waals surface area (Å²) in [6.45, 7) is 8.28. The van der Waals surface area contributed by atoms with Crippen LogP contribution in [-0.2, 0) is 6.42 Å². The molecule has 0 heterocycles. The van der Waals surface area contributed by atoms with Crippen LogP contribution in [0, 0.1) is 0 Å². The van der Waals surface area contributed by atoms with E-state index in [2.05, 4.69) is 55.3 Å². The zero-order valence-corrected chi connectivity index (χ0v) is 9.93. The molecule has 0 unspecified atom stereocenters. The summed E-state index contributed by atoms with van der Waals surface area (Å²) in [5.74, 6) is 1.13. The number of aryl methyl sites for hydroxylation is 1. The van der Waals surface area contributed by atoms with E-state index in [0.29, 0.717) is 0 Å². The van der Waals surface area contributed by atoms with Gasteiger partial charge in [-0.15, -0.1) is 0 Å². The summed E-state index contributed by atoms with van der Waals surface area (Å²) >= 11 is 0. The van der Waals surface area contributed by atoms with E-state index in [1.165, 1.54) is 11.1 Å². The fraction of sp³-hybridized carbons (Fsp3) is 0.462. The molecule has 1 aromatic rings. The molecule has 0 bridgehead atoms. The summed E-state index contributed by atoms with van der Waals surface area (Å²) < 4.78 is 0. The predicted molar refractivity (Wildman–Crippen MR) is 65.1 cm³/mol. The molecule has 0 aliphatic carbocycles. The van der Waals surface area contributed by atoms with Crippen molar-refractivity contribution >= 4 is 5.84 Å². The average Bonchev–Trinajstić information content (AvgIpc) is 2.29. The molecule has 82 valence electrons. The third-order valence-electron chi connectivity index (χ3n) is 2.36. The van der Waals surface area contributed by atoms with Crippen molar-refractivity contribution in [2.75, 3.05) is 13.1 Å². The van der Waals surface area contributed by atoms with Gasteiger partial charge in [-0.05, 0) is 38.0 Å². The topological polar surface area (TPSA) is 26.0 Å². The largest absolute Gasteiger partial charge is 0.275 e. The van der Waals surface area contributed by atoms with Crippen molar-refractivity contribution in [2.24, 2.45) is 0 Å². The Kier molecular flexibility index (Phi) is 4.88. The maximum atomic E-state index is 3.34. The second-order valence-electron chi connectivity index (χ2n) is 3.49. The van der Waals surface area contributed by atoms with Crippen molar-refractivity contribution in [2.45, 2.75) is 27.2 Å². The van der Waals surface area contributed by atoms with E-state index in [1.807, 2.05) is 0 Å². The lowest BCUT2D eigenvalue weighted by Crippen LogP contribution is -2.75. The Morgan fingerprint density at radius 2 is 1.80 bits per heavy atom. The minimum absolute atomic E-state index is 0.942. The summed E-state index contributed by atoms with van der Waals surface area (Å²) in [5, 5.41) is 3.34. The molecule has 2 N–H and O–H groups in total. The number of hydrogen-bond acceptors (Lipinski definition) is 0. The number of nitrogens with one attached hydrogen (secondary N) is 2. The summed E-state index contributed by atoms with van der Waals surface area (Å²) in [5.41, 5.74) is 2.61. The smallest absolute Gasteiger partial charge is 0.274 e. The van der Waals surface area contributed by atoms with Gasteiger partial charge in [0.15, 0.2) is 0 Å². The van der Waals surface area contributed by atoms with Crippen LogP contribution in [0.1, 0.15) is 31.9 Å². The zero-order chi connectivity index (χ0) is 11.1. The fourth-order valence-corrected chi connectivity index (χ4v) is 1.53. The van der Waals surface area contributed by atoms with Gasteiger partial charge in [0.05, 0.1) is 18.7 Å². The molecule has 0 aliphatic rings.